The highest BCUT2D eigenvalue weighted by atomic mass is 16.5. The molecule has 2 heterocycles. The second-order valence-electron chi connectivity index (χ2n) is 5.55. The molecule has 2 aliphatic rings. The van der Waals surface area contributed by atoms with E-state index in [0.29, 0.717) is 24.8 Å². The third-order valence-electron chi connectivity index (χ3n) is 4.02. The van der Waals surface area contributed by atoms with E-state index in [1.807, 2.05) is 18.2 Å². The summed E-state index contributed by atoms with van der Waals surface area (Å²) in [4.78, 5) is 23.5. The number of carbonyl (C=O) groups excluding carboxylic acids is 1. The number of carbonyl (C=O) groups is 2. The lowest BCUT2D eigenvalue weighted by molar-refractivity contribution is -0.132. The molecule has 2 aliphatic heterocycles. The molecule has 116 valence electrons. The van der Waals surface area contributed by atoms with Gasteiger partial charge in [0.05, 0.1) is 5.69 Å². The van der Waals surface area contributed by atoms with Crippen molar-refractivity contribution in [2.24, 2.45) is 5.92 Å². The van der Waals surface area contributed by atoms with Crippen molar-refractivity contribution in [3.05, 3.63) is 29.8 Å². The number of piperidine rings is 1. The summed E-state index contributed by atoms with van der Waals surface area (Å²) in [6, 6.07) is 5.64. The van der Waals surface area contributed by atoms with Gasteiger partial charge in [-0.15, -0.1) is 0 Å². The molecule has 0 bridgehead atoms. The van der Waals surface area contributed by atoms with Gasteiger partial charge in [-0.3, -0.25) is 0 Å². The van der Waals surface area contributed by atoms with Gasteiger partial charge in [-0.25, -0.2) is 9.59 Å². The highest BCUT2D eigenvalue weighted by Gasteiger charge is 2.20. The second-order valence-corrected chi connectivity index (χ2v) is 5.55. The van der Waals surface area contributed by atoms with E-state index in [2.05, 4.69) is 11.4 Å². The number of anilines is 1. The number of hydrogen-bond acceptors (Lipinski definition) is 4. The zero-order valence-electron chi connectivity index (χ0n) is 12.1. The quantitative estimate of drug-likeness (QED) is 0.648. The predicted molar refractivity (Wildman–Crippen MR) is 81.9 cm³/mol. The first-order valence-electron chi connectivity index (χ1n) is 7.36. The van der Waals surface area contributed by atoms with Crippen LogP contribution < -0.4 is 10.1 Å². The zero-order chi connectivity index (χ0) is 15.5. The summed E-state index contributed by atoms with van der Waals surface area (Å²) >= 11 is 0. The smallest absolute Gasteiger partial charge is 0.407 e. The minimum atomic E-state index is -0.835. The Morgan fingerprint density at radius 3 is 2.86 bits per heavy atom. The van der Waals surface area contributed by atoms with Gasteiger partial charge in [0.25, 0.3) is 0 Å². The fourth-order valence-corrected chi connectivity index (χ4v) is 2.73. The first-order valence-corrected chi connectivity index (χ1v) is 7.36. The fraction of sp³-hybridized carbons (Fsp3) is 0.375. The number of hydrogen-bond donors (Lipinski definition) is 2. The molecule has 0 spiro atoms. The summed E-state index contributed by atoms with van der Waals surface area (Å²) in [6.07, 6.45) is 5.04. The number of amides is 1. The van der Waals surface area contributed by atoms with Crippen molar-refractivity contribution in [3.63, 3.8) is 0 Å². The largest absolute Gasteiger partial charge is 0.465 e. The molecule has 0 radical (unpaired) electrons. The fourth-order valence-electron chi connectivity index (χ4n) is 2.73. The number of rotatable bonds is 2. The van der Waals surface area contributed by atoms with Crippen LogP contribution in [0.2, 0.25) is 0 Å². The van der Waals surface area contributed by atoms with E-state index in [-0.39, 0.29) is 12.5 Å². The maximum atomic E-state index is 11.2. The topological polar surface area (TPSA) is 78.9 Å². The molecule has 0 unspecified atom stereocenters. The molecule has 6 heteroatoms. The number of benzene rings is 1. The Kier molecular flexibility index (Phi) is 4.00. The molecule has 1 amide bonds. The number of carboxylic acid groups (broad SMARTS) is 1. The van der Waals surface area contributed by atoms with E-state index < -0.39 is 6.09 Å². The molecular formula is C16H18N2O4. The molecular weight excluding hydrogens is 284 g/mol. The standard InChI is InChI=1S/C16H18N2O4/c19-15-10-17-13-9-12(3-4-14(13)22-15)2-1-11-5-7-18(8-6-11)16(20)21/h1-4,9,11,17H,5-8,10H2,(H,20,21)/b2-1+. The molecule has 0 saturated carbocycles. The third kappa shape index (κ3) is 3.21. The second kappa shape index (κ2) is 6.09. The Bertz CT molecular complexity index is 619. The van der Waals surface area contributed by atoms with Crippen molar-refractivity contribution in [1.82, 2.24) is 4.90 Å². The van der Waals surface area contributed by atoms with E-state index in [4.69, 9.17) is 9.84 Å². The number of esters is 1. The van der Waals surface area contributed by atoms with Crippen LogP contribution >= 0.6 is 0 Å². The van der Waals surface area contributed by atoms with Crippen LogP contribution in [0.4, 0.5) is 10.5 Å². The zero-order valence-corrected chi connectivity index (χ0v) is 12.1. The van der Waals surface area contributed by atoms with E-state index in [1.54, 1.807) is 6.07 Å². The van der Waals surface area contributed by atoms with Gasteiger partial charge in [0.15, 0.2) is 5.75 Å². The molecule has 1 fully saturated rings. The Morgan fingerprint density at radius 1 is 1.36 bits per heavy atom. The van der Waals surface area contributed by atoms with Crippen molar-refractivity contribution >= 4 is 23.8 Å². The number of nitrogens with zero attached hydrogens (tertiary/aromatic N) is 1. The average molecular weight is 302 g/mol. The predicted octanol–water partition coefficient (Wildman–Crippen LogP) is 2.42. The molecule has 22 heavy (non-hydrogen) atoms. The lowest BCUT2D eigenvalue weighted by atomic mass is 9.96. The van der Waals surface area contributed by atoms with E-state index in [1.165, 1.54) is 4.90 Å². The van der Waals surface area contributed by atoms with Crippen LogP contribution in [0.15, 0.2) is 24.3 Å². The number of nitrogens with one attached hydrogen (secondary N) is 1. The molecule has 0 atom stereocenters. The molecule has 1 aromatic carbocycles. The summed E-state index contributed by atoms with van der Waals surface area (Å²) in [7, 11) is 0. The number of fused-ring (bicyclic) bond motifs is 1. The first kappa shape index (κ1) is 14.4. The molecule has 0 aliphatic carbocycles. The molecule has 3 rings (SSSR count). The van der Waals surface area contributed by atoms with Gasteiger partial charge in [-0.1, -0.05) is 18.2 Å². The van der Waals surface area contributed by atoms with Crippen molar-refractivity contribution in [3.8, 4) is 5.75 Å². The van der Waals surface area contributed by atoms with Gasteiger partial charge < -0.3 is 20.1 Å². The maximum absolute atomic E-state index is 11.2. The lowest BCUT2D eigenvalue weighted by Crippen LogP contribution is -2.36. The van der Waals surface area contributed by atoms with Crippen molar-refractivity contribution in [2.45, 2.75) is 12.8 Å². The highest BCUT2D eigenvalue weighted by Crippen LogP contribution is 2.29. The van der Waals surface area contributed by atoms with Crippen LogP contribution in [-0.2, 0) is 4.79 Å². The van der Waals surface area contributed by atoms with Crippen molar-refractivity contribution in [1.29, 1.82) is 0 Å². The van der Waals surface area contributed by atoms with Crippen LogP contribution in [0.25, 0.3) is 6.08 Å². The normalized spacial score (nSPS) is 18.7. The van der Waals surface area contributed by atoms with Crippen LogP contribution in [0.3, 0.4) is 0 Å². The molecule has 1 saturated heterocycles. The summed E-state index contributed by atoms with van der Waals surface area (Å²) < 4.78 is 5.13. The van der Waals surface area contributed by atoms with Gasteiger partial charge in [-0.05, 0) is 36.5 Å². The summed E-state index contributed by atoms with van der Waals surface area (Å²) in [6.45, 7) is 1.37. The van der Waals surface area contributed by atoms with Crippen LogP contribution in [0, 0.1) is 5.92 Å². The number of ether oxygens (including phenoxy) is 1. The average Bonchev–Trinajstić information content (AvgIpc) is 2.53. The molecule has 1 aromatic rings. The van der Waals surface area contributed by atoms with Gasteiger partial charge in [0.2, 0.25) is 0 Å². The first-order chi connectivity index (χ1) is 10.6. The summed E-state index contributed by atoms with van der Waals surface area (Å²) in [5.41, 5.74) is 1.85. The Hall–Kier alpha value is -2.50. The third-order valence-corrected chi connectivity index (χ3v) is 4.02. The Morgan fingerprint density at radius 2 is 2.14 bits per heavy atom. The van der Waals surface area contributed by atoms with Crippen LogP contribution in [-0.4, -0.2) is 41.7 Å². The highest BCUT2D eigenvalue weighted by molar-refractivity contribution is 5.84. The maximum Gasteiger partial charge on any atom is 0.407 e. The van der Waals surface area contributed by atoms with Gasteiger partial charge >= 0.3 is 12.1 Å². The van der Waals surface area contributed by atoms with Crippen molar-refractivity contribution in [2.75, 3.05) is 25.0 Å². The Labute approximate surface area is 128 Å². The van der Waals surface area contributed by atoms with E-state index in [9.17, 15) is 9.59 Å². The molecule has 0 aromatic heterocycles. The lowest BCUT2D eigenvalue weighted by Gasteiger charge is -2.28. The minimum Gasteiger partial charge on any atom is -0.465 e. The van der Waals surface area contributed by atoms with Crippen LogP contribution in [0.5, 0.6) is 5.75 Å². The van der Waals surface area contributed by atoms with Gasteiger partial charge in [-0.2, -0.15) is 0 Å². The molecule has 6 nitrogen and oxygen atoms in total. The monoisotopic (exact) mass is 302 g/mol. The minimum absolute atomic E-state index is 0.188. The van der Waals surface area contributed by atoms with Gasteiger partial charge in [0, 0.05) is 13.1 Å². The van der Waals surface area contributed by atoms with Crippen LogP contribution in [0.1, 0.15) is 18.4 Å². The Balaban J connectivity index is 1.62. The molecule has 2 N–H and O–H groups in total. The SMILES string of the molecule is O=C1CNc2cc(/C=C/C3CCN(C(=O)O)CC3)ccc2O1. The number of allylic oxidation sites excluding steroid dienone is 1. The number of likely N-dealkylation sites (tertiary alicyclic amines) is 1. The van der Waals surface area contributed by atoms with E-state index in [0.717, 1.165) is 24.1 Å². The summed E-state index contributed by atoms with van der Waals surface area (Å²) in [5.74, 6) is 0.682. The van der Waals surface area contributed by atoms with Crippen molar-refractivity contribution < 1.29 is 19.4 Å². The van der Waals surface area contributed by atoms with Gasteiger partial charge in [0.1, 0.15) is 6.54 Å². The van der Waals surface area contributed by atoms with E-state index >= 15 is 0 Å². The summed E-state index contributed by atoms with van der Waals surface area (Å²) in [5, 5.41) is 12.0.